The first-order chi connectivity index (χ1) is 7.77. The summed E-state index contributed by atoms with van der Waals surface area (Å²) in [6.45, 7) is -1.31. The molecule has 17 heavy (non-hydrogen) atoms. The van der Waals surface area contributed by atoms with Gasteiger partial charge in [-0.25, -0.2) is 4.79 Å². The number of anilines is 1. The molecule has 0 saturated heterocycles. The van der Waals surface area contributed by atoms with Crippen LogP contribution < -0.4 is 4.90 Å². The molecule has 0 radical (unpaired) electrons. The quantitative estimate of drug-likeness (QED) is 0.851. The van der Waals surface area contributed by atoms with E-state index in [0.717, 1.165) is 11.3 Å². The van der Waals surface area contributed by atoms with Gasteiger partial charge in [0, 0.05) is 0 Å². The smallest absolute Gasteiger partial charge is 0.376 e. The number of halogens is 4. The van der Waals surface area contributed by atoms with Gasteiger partial charge in [-0.15, -0.1) is 11.3 Å². The van der Waals surface area contributed by atoms with E-state index in [0.29, 0.717) is 4.90 Å². The van der Waals surface area contributed by atoms with E-state index in [2.05, 4.69) is 0 Å². The summed E-state index contributed by atoms with van der Waals surface area (Å²) in [5, 5.41) is 8.26. The number of alkyl halides is 2. The number of carboxylic acids is 1. The van der Waals surface area contributed by atoms with Gasteiger partial charge in [-0.05, 0) is 6.07 Å². The summed E-state index contributed by atoms with van der Waals surface area (Å²) in [5.41, 5.74) is -0.0439. The molecule has 4 nitrogen and oxygen atoms in total. The number of nitrogens with zero attached hydrogens (tertiary/aromatic N) is 1. The Labute approximate surface area is 108 Å². The van der Waals surface area contributed by atoms with Crippen molar-refractivity contribution in [1.82, 2.24) is 0 Å². The number of amides is 1. The van der Waals surface area contributed by atoms with Crippen LogP contribution in [-0.2, 0) is 9.59 Å². The number of hydrogen-bond acceptors (Lipinski definition) is 3. The molecule has 0 saturated carbocycles. The van der Waals surface area contributed by atoms with Gasteiger partial charge < -0.3 is 10.0 Å². The van der Waals surface area contributed by atoms with E-state index in [9.17, 15) is 18.4 Å². The van der Waals surface area contributed by atoms with Crippen molar-refractivity contribution in [2.45, 2.75) is 5.92 Å². The molecule has 0 unspecified atom stereocenters. The second-order valence-corrected chi connectivity index (χ2v) is 5.24. The highest BCUT2D eigenvalue weighted by molar-refractivity contribution is 7.20. The third-order valence-corrected chi connectivity index (χ3v) is 3.22. The maximum Gasteiger partial charge on any atom is 0.376 e. The number of hydrogen-bond donors (Lipinski definition) is 1. The summed E-state index contributed by atoms with van der Waals surface area (Å²) >= 11 is 12.1. The van der Waals surface area contributed by atoms with Crippen molar-refractivity contribution in [2.24, 2.45) is 0 Å². The molecule has 94 valence electrons. The van der Waals surface area contributed by atoms with E-state index in [-0.39, 0.29) is 20.8 Å². The van der Waals surface area contributed by atoms with Crippen molar-refractivity contribution in [3.8, 4) is 0 Å². The lowest BCUT2D eigenvalue weighted by Crippen LogP contribution is -2.42. The summed E-state index contributed by atoms with van der Waals surface area (Å²) in [5.74, 6) is -6.37. The van der Waals surface area contributed by atoms with Gasteiger partial charge in [0.2, 0.25) is 6.41 Å². The SMILES string of the molecule is O=CN(CC(F)(F)C(=O)O)c1cc(Cl)sc1Cl. The van der Waals surface area contributed by atoms with Crippen molar-refractivity contribution >= 4 is 52.6 Å². The Kier molecular flexibility index (Phi) is 4.29. The molecular weight excluding hydrogens is 299 g/mol. The summed E-state index contributed by atoms with van der Waals surface area (Å²) in [4.78, 5) is 21.4. The van der Waals surface area contributed by atoms with Gasteiger partial charge in [0.05, 0.1) is 10.0 Å². The van der Waals surface area contributed by atoms with Crippen LogP contribution in [0, 0.1) is 0 Å². The first kappa shape index (κ1) is 14.1. The van der Waals surface area contributed by atoms with Gasteiger partial charge in [-0.2, -0.15) is 8.78 Å². The average Bonchev–Trinajstić information content (AvgIpc) is 2.54. The van der Waals surface area contributed by atoms with Gasteiger partial charge in [-0.3, -0.25) is 4.79 Å². The minimum atomic E-state index is -4.06. The van der Waals surface area contributed by atoms with E-state index >= 15 is 0 Å². The molecule has 1 amide bonds. The minimum Gasteiger partial charge on any atom is -0.477 e. The molecule has 0 aliphatic carbocycles. The maximum atomic E-state index is 12.9. The highest BCUT2D eigenvalue weighted by Crippen LogP contribution is 2.38. The number of rotatable bonds is 5. The van der Waals surface area contributed by atoms with E-state index in [1.54, 1.807) is 0 Å². The maximum absolute atomic E-state index is 12.9. The van der Waals surface area contributed by atoms with Crippen LogP contribution in [0.5, 0.6) is 0 Å². The van der Waals surface area contributed by atoms with Crippen LogP contribution in [0.4, 0.5) is 14.5 Å². The standard InChI is InChI=1S/C8H5Cl2F2NO3S/c9-5-1-4(6(10)17-5)13(3-14)2-8(11,12)7(15)16/h1,3H,2H2,(H,15,16). The summed E-state index contributed by atoms with van der Waals surface area (Å²) in [6, 6.07) is 1.21. The first-order valence-electron chi connectivity index (χ1n) is 4.06. The van der Waals surface area contributed by atoms with Crippen molar-refractivity contribution < 1.29 is 23.5 Å². The fourth-order valence-electron chi connectivity index (χ4n) is 0.988. The van der Waals surface area contributed by atoms with Crippen LogP contribution in [0.2, 0.25) is 8.67 Å². The fourth-order valence-corrected chi connectivity index (χ4v) is 2.48. The molecule has 1 aromatic heterocycles. The zero-order chi connectivity index (χ0) is 13.2. The monoisotopic (exact) mass is 303 g/mol. The van der Waals surface area contributed by atoms with Gasteiger partial charge in [0.15, 0.2) is 0 Å². The molecule has 1 aromatic rings. The van der Waals surface area contributed by atoms with Crippen LogP contribution in [0.25, 0.3) is 0 Å². The zero-order valence-electron chi connectivity index (χ0n) is 7.99. The van der Waals surface area contributed by atoms with Crippen LogP contribution in [0.1, 0.15) is 0 Å². The van der Waals surface area contributed by atoms with Crippen molar-refractivity contribution in [3.05, 3.63) is 14.7 Å². The molecule has 0 aromatic carbocycles. The predicted octanol–water partition coefficient (Wildman–Crippen LogP) is 2.74. The van der Waals surface area contributed by atoms with E-state index < -0.39 is 18.4 Å². The largest absolute Gasteiger partial charge is 0.477 e. The van der Waals surface area contributed by atoms with Gasteiger partial charge in [-0.1, -0.05) is 23.2 Å². The number of carbonyl (C=O) groups excluding carboxylic acids is 1. The van der Waals surface area contributed by atoms with Crippen molar-refractivity contribution in [1.29, 1.82) is 0 Å². The summed E-state index contributed by atoms with van der Waals surface area (Å²) in [7, 11) is 0. The summed E-state index contributed by atoms with van der Waals surface area (Å²) in [6.07, 6.45) is 0.0705. The molecule has 0 atom stereocenters. The molecule has 9 heteroatoms. The highest BCUT2D eigenvalue weighted by atomic mass is 35.5. The third kappa shape index (κ3) is 3.27. The molecule has 1 heterocycles. The Bertz CT molecular complexity index is 452. The number of carbonyl (C=O) groups is 2. The number of carboxylic acid groups (broad SMARTS) is 1. The van der Waals surface area contributed by atoms with E-state index in [1.165, 1.54) is 6.07 Å². The zero-order valence-corrected chi connectivity index (χ0v) is 10.3. The van der Waals surface area contributed by atoms with Gasteiger partial charge >= 0.3 is 11.9 Å². The topological polar surface area (TPSA) is 57.6 Å². The predicted molar refractivity (Wildman–Crippen MR) is 60.3 cm³/mol. The number of aliphatic carboxylic acids is 1. The van der Waals surface area contributed by atoms with Crippen LogP contribution in [0.3, 0.4) is 0 Å². The van der Waals surface area contributed by atoms with Crippen LogP contribution in [-0.4, -0.2) is 30.0 Å². The highest BCUT2D eigenvalue weighted by Gasteiger charge is 2.41. The third-order valence-electron chi connectivity index (χ3n) is 1.76. The van der Waals surface area contributed by atoms with Crippen molar-refractivity contribution in [2.75, 3.05) is 11.4 Å². The Morgan fingerprint density at radius 1 is 1.59 bits per heavy atom. The second-order valence-electron chi connectivity index (χ2n) is 2.95. The Morgan fingerprint density at radius 2 is 2.18 bits per heavy atom. The normalized spacial score (nSPS) is 11.3. The fraction of sp³-hybridized carbons (Fsp3) is 0.250. The lowest BCUT2D eigenvalue weighted by molar-refractivity contribution is -0.163. The minimum absolute atomic E-state index is 0.0308. The summed E-state index contributed by atoms with van der Waals surface area (Å²) < 4.78 is 26.1. The van der Waals surface area contributed by atoms with Gasteiger partial charge in [0.25, 0.3) is 0 Å². The van der Waals surface area contributed by atoms with Crippen LogP contribution in [0.15, 0.2) is 6.07 Å². The van der Waals surface area contributed by atoms with Crippen LogP contribution >= 0.6 is 34.5 Å². The molecule has 0 aliphatic rings. The Morgan fingerprint density at radius 3 is 2.53 bits per heavy atom. The number of thiophene rings is 1. The molecule has 1 N–H and O–H groups in total. The second kappa shape index (κ2) is 5.16. The lowest BCUT2D eigenvalue weighted by atomic mass is 10.3. The van der Waals surface area contributed by atoms with E-state index in [1.807, 2.05) is 0 Å². The molecule has 1 rings (SSSR count). The van der Waals surface area contributed by atoms with Crippen molar-refractivity contribution in [3.63, 3.8) is 0 Å². The Balaban J connectivity index is 2.98. The molecule has 0 fully saturated rings. The Hall–Kier alpha value is -0.920. The molecule has 0 aliphatic heterocycles. The molecular formula is C8H5Cl2F2NO3S. The molecule has 0 bridgehead atoms. The van der Waals surface area contributed by atoms with Gasteiger partial charge in [0.1, 0.15) is 10.9 Å². The lowest BCUT2D eigenvalue weighted by Gasteiger charge is -2.20. The molecule has 0 spiro atoms. The average molecular weight is 304 g/mol. The first-order valence-corrected chi connectivity index (χ1v) is 5.63. The van der Waals surface area contributed by atoms with E-state index in [4.69, 9.17) is 28.3 Å².